The molecule has 3 heterocycles. The highest BCUT2D eigenvalue weighted by atomic mass is 32.2. The van der Waals surface area contributed by atoms with Crippen LogP contribution >= 0.6 is 0 Å². The molecular weight excluding hydrogens is 321 g/mol. The lowest BCUT2D eigenvalue weighted by Gasteiger charge is -2.39. The first-order valence-corrected chi connectivity index (χ1v) is 8.71. The van der Waals surface area contributed by atoms with Crippen LogP contribution in [0.25, 0.3) is 0 Å². The molecule has 10 heteroatoms. The highest BCUT2D eigenvalue weighted by Crippen LogP contribution is 2.53. The van der Waals surface area contributed by atoms with Crippen LogP contribution in [0, 0.1) is 5.41 Å². The summed E-state index contributed by atoms with van der Waals surface area (Å²) in [6.07, 6.45) is -3.26. The molecule has 22 heavy (non-hydrogen) atoms. The second-order valence-corrected chi connectivity index (χ2v) is 8.39. The molecule has 2 aliphatic heterocycles. The predicted molar refractivity (Wildman–Crippen MR) is 71.6 cm³/mol. The number of fused-ring (bicyclic) bond motifs is 1. The minimum atomic E-state index is -4.53. The van der Waals surface area contributed by atoms with Crippen molar-refractivity contribution in [2.75, 3.05) is 18.8 Å². The predicted octanol–water partition coefficient (Wildman–Crippen LogP) is 0.757. The Kier molecular flexibility index (Phi) is 3.52. The summed E-state index contributed by atoms with van der Waals surface area (Å²) in [7, 11) is -2.07. The number of aromatic nitrogens is 3. The lowest BCUT2D eigenvalue weighted by Crippen LogP contribution is -2.53. The highest BCUT2D eigenvalue weighted by molar-refractivity contribution is 7.92. The summed E-state index contributed by atoms with van der Waals surface area (Å²) in [6.45, 7) is -0.234. The van der Waals surface area contributed by atoms with Gasteiger partial charge in [-0.3, -0.25) is 9.58 Å². The van der Waals surface area contributed by atoms with Crippen molar-refractivity contribution in [2.24, 2.45) is 12.5 Å². The van der Waals surface area contributed by atoms with Crippen molar-refractivity contribution < 1.29 is 21.6 Å². The van der Waals surface area contributed by atoms with E-state index in [1.807, 2.05) is 0 Å². The van der Waals surface area contributed by atoms with E-state index in [0.717, 1.165) is 0 Å². The fourth-order valence-corrected chi connectivity index (χ4v) is 5.88. The first-order chi connectivity index (χ1) is 10.2. The minimum Gasteiger partial charge on any atom is -0.294 e. The molecule has 0 aromatic carbocycles. The van der Waals surface area contributed by atoms with Gasteiger partial charge in [0, 0.05) is 20.1 Å². The number of aryl methyl sites for hydroxylation is 1. The third kappa shape index (κ3) is 2.32. The van der Waals surface area contributed by atoms with Gasteiger partial charge in [-0.25, -0.2) is 13.4 Å². The number of halogens is 3. The van der Waals surface area contributed by atoms with Gasteiger partial charge in [0.2, 0.25) is 0 Å². The first kappa shape index (κ1) is 15.7. The van der Waals surface area contributed by atoms with Crippen LogP contribution in [0.4, 0.5) is 13.2 Å². The molecule has 0 bridgehead atoms. The summed E-state index contributed by atoms with van der Waals surface area (Å²) >= 11 is 0. The standard InChI is InChI=1S/C12H17F3N4O2S/c1-18-10(16-8-17-18)6-19-5-9-11(7-19,12(13,14)15)3-2-4-22(9,20)21/h8-9H,2-7H2,1H3/t9-,11-/m1/s1. The number of hydrogen-bond acceptors (Lipinski definition) is 5. The molecule has 3 rings (SSSR count). The zero-order chi connectivity index (χ0) is 16.2. The molecule has 1 aromatic rings. The SMILES string of the molecule is Cn1ncnc1CN1C[C@@H]2[C@@](C(F)(F)F)(CCCS2(=O)=O)C1. The van der Waals surface area contributed by atoms with Crippen molar-refractivity contribution in [2.45, 2.75) is 30.8 Å². The zero-order valence-electron chi connectivity index (χ0n) is 12.0. The molecule has 2 atom stereocenters. The molecule has 2 aliphatic rings. The van der Waals surface area contributed by atoms with Gasteiger partial charge < -0.3 is 0 Å². The van der Waals surface area contributed by atoms with E-state index < -0.39 is 26.7 Å². The second kappa shape index (κ2) is 4.92. The Morgan fingerprint density at radius 2 is 2.18 bits per heavy atom. The van der Waals surface area contributed by atoms with Crippen LogP contribution in [0.3, 0.4) is 0 Å². The van der Waals surface area contributed by atoms with Crippen molar-refractivity contribution in [3.05, 3.63) is 12.2 Å². The third-order valence-electron chi connectivity index (χ3n) is 4.77. The lowest BCUT2D eigenvalue weighted by atomic mass is 9.81. The smallest absolute Gasteiger partial charge is 0.294 e. The fraction of sp³-hybridized carbons (Fsp3) is 0.833. The van der Waals surface area contributed by atoms with Gasteiger partial charge in [-0.2, -0.15) is 18.3 Å². The quantitative estimate of drug-likeness (QED) is 0.796. The molecule has 0 aliphatic carbocycles. The molecule has 6 nitrogen and oxygen atoms in total. The van der Waals surface area contributed by atoms with Crippen LogP contribution in [0.15, 0.2) is 6.33 Å². The minimum absolute atomic E-state index is 0.0656. The Morgan fingerprint density at radius 3 is 2.73 bits per heavy atom. The number of likely N-dealkylation sites (tertiary alicyclic amines) is 1. The molecule has 2 saturated heterocycles. The summed E-state index contributed by atoms with van der Waals surface area (Å²) < 4.78 is 66.7. The average molecular weight is 338 g/mol. The lowest BCUT2D eigenvalue weighted by molar-refractivity contribution is -0.221. The van der Waals surface area contributed by atoms with Gasteiger partial charge in [0.25, 0.3) is 0 Å². The fourth-order valence-electron chi connectivity index (χ4n) is 3.60. The zero-order valence-corrected chi connectivity index (χ0v) is 12.9. The van der Waals surface area contributed by atoms with Crippen molar-refractivity contribution in [3.63, 3.8) is 0 Å². The summed E-state index contributed by atoms with van der Waals surface area (Å²) in [5, 5.41) is 2.51. The molecular formula is C12H17F3N4O2S. The summed E-state index contributed by atoms with van der Waals surface area (Å²) in [5.41, 5.74) is -2.15. The van der Waals surface area contributed by atoms with Gasteiger partial charge >= 0.3 is 6.18 Å². The molecule has 0 spiro atoms. The van der Waals surface area contributed by atoms with Gasteiger partial charge in [-0.05, 0) is 12.8 Å². The number of alkyl halides is 3. The van der Waals surface area contributed by atoms with Crippen LogP contribution in [0.1, 0.15) is 18.7 Å². The Morgan fingerprint density at radius 1 is 1.45 bits per heavy atom. The van der Waals surface area contributed by atoms with E-state index in [-0.39, 0.29) is 38.2 Å². The van der Waals surface area contributed by atoms with Gasteiger partial charge in [0.05, 0.1) is 23.0 Å². The van der Waals surface area contributed by atoms with Crippen molar-refractivity contribution >= 4 is 9.84 Å². The van der Waals surface area contributed by atoms with E-state index in [9.17, 15) is 21.6 Å². The first-order valence-electron chi connectivity index (χ1n) is 6.99. The van der Waals surface area contributed by atoms with E-state index in [4.69, 9.17) is 0 Å². The Labute approximate surface area is 126 Å². The summed E-state index contributed by atoms with van der Waals surface area (Å²) in [6, 6.07) is 0. The molecule has 2 fully saturated rings. The maximum Gasteiger partial charge on any atom is 0.397 e. The Bertz CT molecular complexity index is 672. The van der Waals surface area contributed by atoms with Crippen LogP contribution in [-0.4, -0.2) is 58.4 Å². The monoisotopic (exact) mass is 338 g/mol. The Hall–Kier alpha value is -1.16. The van der Waals surface area contributed by atoms with E-state index in [2.05, 4.69) is 10.1 Å². The van der Waals surface area contributed by atoms with E-state index >= 15 is 0 Å². The van der Waals surface area contributed by atoms with Crippen LogP contribution < -0.4 is 0 Å². The molecule has 124 valence electrons. The van der Waals surface area contributed by atoms with E-state index in [1.54, 1.807) is 7.05 Å². The highest BCUT2D eigenvalue weighted by Gasteiger charge is 2.67. The van der Waals surface area contributed by atoms with Crippen molar-refractivity contribution in [1.82, 2.24) is 19.7 Å². The van der Waals surface area contributed by atoms with Gasteiger partial charge in [-0.15, -0.1) is 0 Å². The van der Waals surface area contributed by atoms with E-state index in [0.29, 0.717) is 5.82 Å². The largest absolute Gasteiger partial charge is 0.397 e. The average Bonchev–Trinajstić information content (AvgIpc) is 2.95. The number of sulfone groups is 1. The molecule has 1 aromatic heterocycles. The van der Waals surface area contributed by atoms with Crippen molar-refractivity contribution in [3.8, 4) is 0 Å². The Balaban J connectivity index is 1.92. The van der Waals surface area contributed by atoms with Gasteiger partial charge in [-0.1, -0.05) is 0 Å². The molecule has 0 saturated carbocycles. The molecule has 0 radical (unpaired) electrons. The molecule has 0 N–H and O–H groups in total. The maximum absolute atomic E-state index is 13.6. The number of hydrogen-bond donors (Lipinski definition) is 0. The second-order valence-electron chi connectivity index (χ2n) is 6.08. The summed E-state index contributed by atoms with van der Waals surface area (Å²) in [4.78, 5) is 5.53. The van der Waals surface area contributed by atoms with E-state index in [1.165, 1.54) is 15.9 Å². The molecule has 0 amide bonds. The van der Waals surface area contributed by atoms with Crippen LogP contribution in [0.5, 0.6) is 0 Å². The van der Waals surface area contributed by atoms with Gasteiger partial charge in [0.1, 0.15) is 12.2 Å². The summed E-state index contributed by atoms with van der Waals surface area (Å²) in [5.74, 6) is 0.362. The number of nitrogens with zero attached hydrogens (tertiary/aromatic N) is 4. The normalized spacial score (nSPS) is 32.1. The van der Waals surface area contributed by atoms with Crippen molar-refractivity contribution in [1.29, 1.82) is 0 Å². The molecule has 0 unspecified atom stereocenters. The van der Waals surface area contributed by atoms with Crippen LogP contribution in [0.2, 0.25) is 0 Å². The van der Waals surface area contributed by atoms with Crippen LogP contribution in [-0.2, 0) is 23.4 Å². The third-order valence-corrected chi connectivity index (χ3v) is 7.09. The maximum atomic E-state index is 13.6. The van der Waals surface area contributed by atoms with Gasteiger partial charge in [0.15, 0.2) is 9.84 Å². The number of rotatable bonds is 2. The topological polar surface area (TPSA) is 68.1 Å².